The number of halogens is 1. The third kappa shape index (κ3) is 3.77. The molecule has 7 heteroatoms. The molecule has 3 rings (SSSR count). The number of phenols is 1. The fourth-order valence-electron chi connectivity index (χ4n) is 2.95. The van der Waals surface area contributed by atoms with E-state index >= 15 is 0 Å². The molecule has 1 aromatic carbocycles. The summed E-state index contributed by atoms with van der Waals surface area (Å²) in [5.74, 6) is -0.703. The van der Waals surface area contributed by atoms with Gasteiger partial charge in [-0.2, -0.15) is 0 Å². The molecule has 130 valence electrons. The third-order valence-corrected chi connectivity index (χ3v) is 5.84. The van der Waals surface area contributed by atoms with Crippen molar-refractivity contribution in [3.05, 3.63) is 57.2 Å². The van der Waals surface area contributed by atoms with Crippen LogP contribution in [0.2, 0.25) is 0 Å². The monoisotopic (exact) mass is 420 g/mol. The molecule has 1 aliphatic rings. The van der Waals surface area contributed by atoms with Crippen molar-refractivity contribution in [1.82, 2.24) is 4.90 Å². The molecule has 1 atom stereocenters. The standard InChI is InChI=1S/C18H17BrN2O3S/c1-2-17(23)20-11-5-6-14(22)12(10-11)18(24)21-9-3-4-13(21)15-7-8-16(19)25-15/h2,5-8,10,13,22H,1,3-4,9H2,(H,20,23). The number of nitrogens with one attached hydrogen (secondary N) is 1. The topological polar surface area (TPSA) is 69.6 Å². The van der Waals surface area contributed by atoms with Crippen molar-refractivity contribution >= 4 is 44.8 Å². The van der Waals surface area contributed by atoms with Crippen molar-refractivity contribution in [1.29, 1.82) is 0 Å². The van der Waals surface area contributed by atoms with Gasteiger partial charge in [-0.3, -0.25) is 9.59 Å². The van der Waals surface area contributed by atoms with Gasteiger partial charge in [-0.05, 0) is 65.2 Å². The van der Waals surface area contributed by atoms with Crippen LogP contribution >= 0.6 is 27.3 Å². The fourth-order valence-corrected chi connectivity index (χ4v) is 4.52. The van der Waals surface area contributed by atoms with Gasteiger partial charge in [-0.25, -0.2) is 0 Å². The minimum absolute atomic E-state index is 0.00891. The molecule has 0 aliphatic carbocycles. The van der Waals surface area contributed by atoms with E-state index in [0.717, 1.165) is 27.6 Å². The molecule has 0 saturated carbocycles. The van der Waals surface area contributed by atoms with E-state index < -0.39 is 0 Å². The molecular formula is C18H17BrN2O3S. The number of carbonyl (C=O) groups excluding carboxylic acids is 2. The lowest BCUT2D eigenvalue weighted by molar-refractivity contribution is -0.111. The lowest BCUT2D eigenvalue weighted by Crippen LogP contribution is -2.30. The van der Waals surface area contributed by atoms with Crippen molar-refractivity contribution in [2.75, 3.05) is 11.9 Å². The first-order valence-electron chi connectivity index (χ1n) is 7.82. The highest BCUT2D eigenvalue weighted by Gasteiger charge is 2.32. The maximum atomic E-state index is 13.0. The summed E-state index contributed by atoms with van der Waals surface area (Å²) in [6.07, 6.45) is 2.96. The summed E-state index contributed by atoms with van der Waals surface area (Å²) in [5.41, 5.74) is 0.630. The van der Waals surface area contributed by atoms with E-state index in [9.17, 15) is 14.7 Å². The van der Waals surface area contributed by atoms with Gasteiger partial charge in [0.15, 0.2) is 0 Å². The van der Waals surface area contributed by atoms with E-state index in [0.29, 0.717) is 12.2 Å². The number of amides is 2. The second kappa shape index (κ2) is 7.41. The zero-order valence-electron chi connectivity index (χ0n) is 13.4. The van der Waals surface area contributed by atoms with Gasteiger partial charge < -0.3 is 15.3 Å². The quantitative estimate of drug-likeness (QED) is 0.571. The van der Waals surface area contributed by atoms with Gasteiger partial charge in [-0.1, -0.05) is 6.58 Å². The van der Waals surface area contributed by atoms with E-state index in [4.69, 9.17) is 0 Å². The molecule has 1 aromatic heterocycles. The number of benzene rings is 1. The summed E-state index contributed by atoms with van der Waals surface area (Å²) in [5, 5.41) is 12.7. The van der Waals surface area contributed by atoms with Crippen LogP contribution in [0.1, 0.15) is 34.1 Å². The van der Waals surface area contributed by atoms with E-state index in [2.05, 4.69) is 27.8 Å². The molecule has 0 spiro atoms. The number of aromatic hydroxyl groups is 1. The van der Waals surface area contributed by atoms with Crippen molar-refractivity contribution < 1.29 is 14.7 Å². The van der Waals surface area contributed by atoms with Crippen molar-refractivity contribution in [2.24, 2.45) is 0 Å². The van der Waals surface area contributed by atoms with Gasteiger partial charge >= 0.3 is 0 Å². The molecule has 25 heavy (non-hydrogen) atoms. The van der Waals surface area contributed by atoms with E-state index in [-0.39, 0.29) is 29.2 Å². The Labute approximate surface area is 158 Å². The second-order valence-corrected chi connectivity index (χ2v) is 8.22. The molecular weight excluding hydrogens is 404 g/mol. The number of rotatable bonds is 4. The summed E-state index contributed by atoms with van der Waals surface area (Å²) in [6.45, 7) is 4.04. The van der Waals surface area contributed by atoms with E-state index in [1.807, 2.05) is 12.1 Å². The van der Waals surface area contributed by atoms with Crippen LogP contribution in [-0.4, -0.2) is 28.4 Å². The van der Waals surface area contributed by atoms with Crippen molar-refractivity contribution in [2.45, 2.75) is 18.9 Å². The molecule has 2 N–H and O–H groups in total. The van der Waals surface area contributed by atoms with Crippen LogP contribution in [0.3, 0.4) is 0 Å². The Hall–Kier alpha value is -2.12. The molecule has 2 amide bonds. The largest absolute Gasteiger partial charge is 0.507 e. The summed E-state index contributed by atoms with van der Waals surface area (Å²) in [4.78, 5) is 27.3. The van der Waals surface area contributed by atoms with Gasteiger partial charge in [0, 0.05) is 17.1 Å². The van der Waals surface area contributed by atoms with Crippen LogP contribution in [0, 0.1) is 0 Å². The fraction of sp³-hybridized carbons (Fsp3) is 0.222. The number of nitrogens with zero attached hydrogens (tertiary/aromatic N) is 1. The highest BCUT2D eigenvalue weighted by Crippen LogP contribution is 2.39. The molecule has 0 bridgehead atoms. The number of thiophene rings is 1. The maximum Gasteiger partial charge on any atom is 0.258 e. The first-order valence-corrected chi connectivity index (χ1v) is 9.43. The molecule has 1 unspecified atom stereocenters. The van der Waals surface area contributed by atoms with Crippen LogP contribution in [0.15, 0.2) is 46.8 Å². The Morgan fingerprint density at radius 3 is 2.84 bits per heavy atom. The summed E-state index contributed by atoms with van der Waals surface area (Å²) in [7, 11) is 0. The normalized spacial score (nSPS) is 16.7. The molecule has 1 saturated heterocycles. The minimum Gasteiger partial charge on any atom is -0.507 e. The van der Waals surface area contributed by atoms with Crippen LogP contribution < -0.4 is 5.32 Å². The van der Waals surface area contributed by atoms with Crippen LogP contribution in [0.4, 0.5) is 5.69 Å². The van der Waals surface area contributed by atoms with Gasteiger partial charge in [0.1, 0.15) is 5.75 Å². The Morgan fingerprint density at radius 2 is 2.16 bits per heavy atom. The summed E-state index contributed by atoms with van der Waals surface area (Å²) >= 11 is 5.07. The molecule has 2 heterocycles. The van der Waals surface area contributed by atoms with Gasteiger partial charge in [-0.15, -0.1) is 11.3 Å². The number of hydrogen-bond donors (Lipinski definition) is 2. The zero-order valence-corrected chi connectivity index (χ0v) is 15.8. The molecule has 1 aliphatic heterocycles. The first-order chi connectivity index (χ1) is 12.0. The minimum atomic E-state index is -0.369. The van der Waals surface area contributed by atoms with Gasteiger partial charge in [0.25, 0.3) is 5.91 Å². The number of phenolic OH excluding ortho intramolecular Hbond substituents is 1. The van der Waals surface area contributed by atoms with Crippen molar-refractivity contribution in [3.63, 3.8) is 0 Å². The highest BCUT2D eigenvalue weighted by atomic mass is 79.9. The van der Waals surface area contributed by atoms with Crippen LogP contribution in [0.25, 0.3) is 0 Å². The van der Waals surface area contributed by atoms with Gasteiger partial charge in [0.2, 0.25) is 5.91 Å². The number of likely N-dealkylation sites (tertiary alicyclic amines) is 1. The predicted octanol–water partition coefficient (Wildman–Crippen LogP) is 4.32. The molecule has 0 radical (unpaired) electrons. The summed E-state index contributed by atoms with van der Waals surface area (Å²) < 4.78 is 1.03. The Kier molecular flexibility index (Phi) is 5.24. The Morgan fingerprint density at radius 1 is 1.36 bits per heavy atom. The molecule has 1 fully saturated rings. The van der Waals surface area contributed by atoms with Crippen LogP contribution in [0.5, 0.6) is 5.75 Å². The second-order valence-electron chi connectivity index (χ2n) is 5.72. The zero-order chi connectivity index (χ0) is 18.0. The molecule has 2 aromatic rings. The average Bonchev–Trinajstić information content (AvgIpc) is 3.24. The Bertz CT molecular complexity index is 833. The lowest BCUT2D eigenvalue weighted by Gasteiger charge is -2.24. The Balaban J connectivity index is 1.87. The maximum absolute atomic E-state index is 13.0. The highest BCUT2D eigenvalue weighted by molar-refractivity contribution is 9.11. The van der Waals surface area contributed by atoms with E-state index in [1.165, 1.54) is 12.1 Å². The summed E-state index contributed by atoms with van der Waals surface area (Å²) in [6, 6.07) is 8.47. The predicted molar refractivity (Wildman–Crippen MR) is 102 cm³/mol. The average molecular weight is 421 g/mol. The van der Waals surface area contributed by atoms with E-state index in [1.54, 1.807) is 22.3 Å². The van der Waals surface area contributed by atoms with Crippen LogP contribution in [-0.2, 0) is 4.79 Å². The first kappa shape index (κ1) is 17.7. The number of hydrogen-bond acceptors (Lipinski definition) is 4. The lowest BCUT2D eigenvalue weighted by atomic mass is 10.1. The number of anilines is 1. The SMILES string of the molecule is C=CC(=O)Nc1ccc(O)c(C(=O)N2CCCC2c2ccc(Br)s2)c1. The number of carbonyl (C=O) groups is 2. The third-order valence-electron chi connectivity index (χ3n) is 4.12. The molecule has 5 nitrogen and oxygen atoms in total. The smallest absolute Gasteiger partial charge is 0.258 e. The van der Waals surface area contributed by atoms with Crippen molar-refractivity contribution in [3.8, 4) is 5.75 Å². The van der Waals surface area contributed by atoms with Gasteiger partial charge in [0.05, 0.1) is 15.4 Å².